The van der Waals surface area contributed by atoms with Crippen LogP contribution in [0.2, 0.25) is 22.2 Å². The monoisotopic (exact) mass is 767 g/mol. The first-order valence-corrected chi connectivity index (χ1v) is 24.1. The van der Waals surface area contributed by atoms with E-state index in [2.05, 4.69) is 72.6 Å². The highest BCUT2D eigenvalue weighted by molar-refractivity contribution is 6.84. The Morgan fingerprint density at radius 3 is 2.13 bits per heavy atom. The van der Waals surface area contributed by atoms with E-state index >= 15 is 0 Å². The van der Waals surface area contributed by atoms with E-state index in [0.717, 1.165) is 18.9 Å². The molecule has 1 amide bonds. The van der Waals surface area contributed by atoms with Gasteiger partial charge >= 0.3 is 17.1 Å². The first kappa shape index (κ1) is 43.0. The number of fused-ring (bicyclic) bond motifs is 2. The summed E-state index contributed by atoms with van der Waals surface area (Å²) in [5.74, 6) is -1.38. The minimum atomic E-state index is -3.02. The smallest absolute Gasteiger partial charge is 0.335 e. The summed E-state index contributed by atoms with van der Waals surface area (Å²) in [4.78, 5) is 16.9. The van der Waals surface area contributed by atoms with Gasteiger partial charge < -0.3 is 32.3 Å². The Labute approximate surface area is 313 Å². The number of ether oxygens (including phenoxy) is 2. The molecule has 4 atom stereocenters. The van der Waals surface area contributed by atoms with E-state index in [1.54, 1.807) is 4.57 Å². The van der Waals surface area contributed by atoms with Crippen molar-refractivity contribution in [2.75, 3.05) is 19.8 Å². The molecule has 9 nitrogen and oxygen atoms in total. The number of imidazole rings is 1. The van der Waals surface area contributed by atoms with Crippen molar-refractivity contribution in [2.45, 2.75) is 180 Å². The second kappa shape index (κ2) is 19.7. The van der Waals surface area contributed by atoms with Gasteiger partial charge in [-0.2, -0.15) is 0 Å². The molecule has 3 heterocycles. The zero-order valence-corrected chi connectivity index (χ0v) is 35.4. The molecule has 13 heteroatoms. The number of rotatable bonds is 20. The maximum absolute atomic E-state index is 14.8. The molecular weight excluding hydrogens is 701 g/mol. The molecular formula is C39H67F2N3O6Si2. The van der Waals surface area contributed by atoms with Crippen LogP contribution in [0.15, 0.2) is 18.5 Å². The highest BCUT2D eigenvalue weighted by atomic mass is 28.5. The van der Waals surface area contributed by atoms with Crippen molar-refractivity contribution in [2.24, 2.45) is 0 Å². The van der Waals surface area contributed by atoms with Gasteiger partial charge in [0, 0.05) is 31.7 Å². The second-order valence-electron chi connectivity index (χ2n) is 16.1. The number of unbranched alkanes of at least 4 members (excludes halogenated alkanes) is 8. The van der Waals surface area contributed by atoms with Gasteiger partial charge in [-0.1, -0.05) is 114 Å². The SMILES string of the molecule is CCCCCCCCCCCC(=O)NCCCO[C@@H]1[C@@H]2O[Si](C(C)C)(C(C)C)O[Si](C(C)C)(C(C)C)OC[C@H]2O[C@H]1n1cnc2c(F)cc(F)cc21. The number of aromatic nitrogens is 2. The van der Waals surface area contributed by atoms with Crippen molar-refractivity contribution >= 4 is 34.1 Å². The van der Waals surface area contributed by atoms with Gasteiger partial charge in [-0.25, -0.2) is 13.8 Å². The number of benzene rings is 1. The molecule has 0 unspecified atom stereocenters. The summed E-state index contributed by atoms with van der Waals surface area (Å²) < 4.78 is 66.1. The van der Waals surface area contributed by atoms with Gasteiger partial charge in [0.05, 0.1) is 18.5 Å². The van der Waals surface area contributed by atoms with Crippen LogP contribution < -0.4 is 5.32 Å². The fourth-order valence-corrected chi connectivity index (χ4v) is 19.2. The third-order valence-electron chi connectivity index (χ3n) is 10.9. The predicted octanol–water partition coefficient (Wildman–Crippen LogP) is 9.98. The topological polar surface area (TPSA) is 93.1 Å². The van der Waals surface area contributed by atoms with E-state index in [1.807, 2.05) is 0 Å². The van der Waals surface area contributed by atoms with Gasteiger partial charge in [0.2, 0.25) is 5.91 Å². The van der Waals surface area contributed by atoms with Crippen LogP contribution in [-0.2, 0) is 27.2 Å². The molecule has 296 valence electrons. The third-order valence-corrected chi connectivity index (χ3v) is 21.2. The molecule has 1 N–H and O–H groups in total. The molecule has 52 heavy (non-hydrogen) atoms. The lowest BCUT2D eigenvalue weighted by Crippen LogP contribution is -2.66. The van der Waals surface area contributed by atoms with Gasteiger partial charge in [-0.15, -0.1) is 0 Å². The van der Waals surface area contributed by atoms with E-state index in [-0.39, 0.29) is 45.7 Å². The Kier molecular flexibility index (Phi) is 16.3. The third kappa shape index (κ3) is 10.1. The summed E-state index contributed by atoms with van der Waals surface area (Å²) in [6.45, 7) is 20.6. The molecule has 1 aromatic carbocycles. The highest BCUT2D eigenvalue weighted by Gasteiger charge is 2.62. The quantitative estimate of drug-likeness (QED) is 0.106. The molecule has 0 saturated carbocycles. The average molecular weight is 768 g/mol. The Hall–Kier alpha value is -1.75. The lowest BCUT2D eigenvalue weighted by Gasteiger charge is -2.51. The van der Waals surface area contributed by atoms with E-state index in [4.69, 9.17) is 22.4 Å². The molecule has 4 rings (SSSR count). The van der Waals surface area contributed by atoms with Crippen LogP contribution in [-0.4, -0.2) is 70.7 Å². The maximum atomic E-state index is 14.8. The Morgan fingerprint density at radius 1 is 0.904 bits per heavy atom. The van der Waals surface area contributed by atoms with Crippen molar-refractivity contribution < 1.29 is 36.0 Å². The average Bonchev–Trinajstić information content (AvgIpc) is 3.64. The van der Waals surface area contributed by atoms with Gasteiger partial charge in [0.15, 0.2) is 12.0 Å². The number of halogens is 2. The zero-order chi connectivity index (χ0) is 38.1. The minimum Gasteiger partial charge on any atom is -0.414 e. The molecule has 2 saturated heterocycles. The van der Waals surface area contributed by atoms with E-state index in [1.165, 1.54) is 57.3 Å². The van der Waals surface area contributed by atoms with Crippen molar-refractivity contribution in [3.05, 3.63) is 30.1 Å². The van der Waals surface area contributed by atoms with Gasteiger partial charge in [-0.05, 0) is 35.0 Å². The Bertz CT molecular complexity index is 1390. The van der Waals surface area contributed by atoms with Crippen molar-refractivity contribution in [1.29, 1.82) is 0 Å². The fourth-order valence-electron chi connectivity index (χ4n) is 7.99. The van der Waals surface area contributed by atoms with Crippen LogP contribution in [0.25, 0.3) is 11.0 Å². The molecule has 2 fully saturated rings. The standard InChI is InChI=1S/C39H67F2N3O6Si2/c1-10-11-12-13-14-15-16-17-18-20-35(45)42-21-19-22-46-38-37-34(48-39(38)44-26-43-36-32(41)23-31(40)24-33(36)44)25-47-51(27(2)3,28(4)5)50-52(49-37,29(6)7)30(8)9/h23-24,26-30,34,37-39H,10-22,25H2,1-9H3,(H,42,45)/t34-,37-,38-,39-/m1/s1. The molecule has 0 radical (unpaired) electrons. The van der Waals surface area contributed by atoms with Crippen LogP contribution in [0.5, 0.6) is 0 Å². The number of carbonyl (C=O) groups is 1. The number of carbonyl (C=O) groups excluding carboxylic acids is 1. The first-order valence-electron chi connectivity index (χ1n) is 20.1. The van der Waals surface area contributed by atoms with Crippen LogP contribution in [0.3, 0.4) is 0 Å². The summed E-state index contributed by atoms with van der Waals surface area (Å²) in [5, 5.41) is 3.05. The van der Waals surface area contributed by atoms with Crippen molar-refractivity contribution in [3.63, 3.8) is 0 Å². The molecule has 1 aromatic heterocycles. The summed E-state index contributed by atoms with van der Waals surface area (Å²) in [5.41, 5.74) is 0.855. The van der Waals surface area contributed by atoms with Crippen molar-refractivity contribution in [1.82, 2.24) is 14.9 Å². The predicted molar refractivity (Wildman–Crippen MR) is 207 cm³/mol. The van der Waals surface area contributed by atoms with E-state index in [0.29, 0.717) is 26.0 Å². The number of amides is 1. The van der Waals surface area contributed by atoms with Gasteiger partial charge in [-0.3, -0.25) is 4.79 Å². The fraction of sp³-hybridized carbons (Fsp3) is 0.795. The summed E-state index contributed by atoms with van der Waals surface area (Å²) in [6, 6.07) is 2.11. The largest absolute Gasteiger partial charge is 0.414 e. The lowest BCUT2D eigenvalue weighted by molar-refractivity contribution is -0.121. The molecule has 0 aliphatic carbocycles. The minimum absolute atomic E-state index is 0.0578. The first-order chi connectivity index (χ1) is 24.8. The Balaban J connectivity index is 1.49. The van der Waals surface area contributed by atoms with E-state index < -0.39 is 53.3 Å². The number of nitrogens with zero attached hydrogens (tertiary/aromatic N) is 2. The van der Waals surface area contributed by atoms with Crippen LogP contribution in [0, 0.1) is 11.6 Å². The number of nitrogens with one attached hydrogen (secondary N) is 1. The maximum Gasteiger partial charge on any atom is 0.335 e. The Morgan fingerprint density at radius 2 is 1.52 bits per heavy atom. The van der Waals surface area contributed by atoms with Gasteiger partial charge in [0.1, 0.15) is 29.6 Å². The van der Waals surface area contributed by atoms with Gasteiger partial charge in [0.25, 0.3) is 0 Å². The highest BCUT2D eigenvalue weighted by Crippen LogP contribution is 2.49. The second-order valence-corrected chi connectivity index (χ2v) is 25.0. The molecule has 0 bridgehead atoms. The normalized spacial score (nSPS) is 23.1. The lowest BCUT2D eigenvalue weighted by atomic mass is 10.1. The molecule has 2 aliphatic rings. The summed E-state index contributed by atoms with van der Waals surface area (Å²) >= 11 is 0. The number of hydrogen-bond donors (Lipinski definition) is 1. The van der Waals surface area contributed by atoms with Crippen LogP contribution >= 0.6 is 0 Å². The van der Waals surface area contributed by atoms with Crippen LogP contribution in [0.4, 0.5) is 8.78 Å². The zero-order valence-electron chi connectivity index (χ0n) is 33.4. The van der Waals surface area contributed by atoms with Crippen LogP contribution in [0.1, 0.15) is 139 Å². The molecule has 0 spiro atoms. The van der Waals surface area contributed by atoms with E-state index in [9.17, 15) is 13.6 Å². The summed E-state index contributed by atoms with van der Waals surface area (Å²) in [6.07, 6.45) is 11.0. The molecule has 2 aliphatic heterocycles. The summed E-state index contributed by atoms with van der Waals surface area (Å²) in [7, 11) is -5.84. The van der Waals surface area contributed by atoms with Crippen molar-refractivity contribution in [3.8, 4) is 0 Å². The molecule has 2 aromatic rings. The number of hydrogen-bond acceptors (Lipinski definition) is 7.